The molecule has 3 N–H and O–H groups in total. The van der Waals surface area contributed by atoms with Crippen molar-refractivity contribution in [3.05, 3.63) is 18.0 Å². The Morgan fingerprint density at radius 1 is 1.64 bits per heavy atom. The molecular weight excluding hydrogens is 142 g/mol. The minimum absolute atomic E-state index is 0.124. The molecule has 0 fully saturated rings. The number of aromatic nitrogens is 2. The van der Waals surface area contributed by atoms with Gasteiger partial charge in [-0.05, 0) is 12.6 Å². The molecule has 0 radical (unpaired) electrons. The van der Waals surface area contributed by atoms with Gasteiger partial charge in [-0.2, -0.15) is 5.10 Å². The Morgan fingerprint density at radius 3 is 3.09 bits per heavy atom. The zero-order chi connectivity index (χ0) is 8.10. The van der Waals surface area contributed by atoms with E-state index in [2.05, 4.69) is 5.10 Å². The zero-order valence-corrected chi connectivity index (χ0v) is 6.40. The van der Waals surface area contributed by atoms with E-state index in [9.17, 15) is 0 Å². The van der Waals surface area contributed by atoms with Crippen molar-refractivity contribution in [1.29, 1.82) is 0 Å². The molecule has 0 saturated heterocycles. The molecule has 1 heterocycles. The van der Waals surface area contributed by atoms with Gasteiger partial charge in [0.15, 0.2) is 0 Å². The van der Waals surface area contributed by atoms with E-state index in [1.165, 1.54) is 0 Å². The quantitative estimate of drug-likeness (QED) is 0.609. The van der Waals surface area contributed by atoms with Crippen LogP contribution in [-0.4, -0.2) is 28.0 Å². The van der Waals surface area contributed by atoms with Crippen molar-refractivity contribution in [3.63, 3.8) is 0 Å². The number of aliphatic hydroxyl groups is 1. The van der Waals surface area contributed by atoms with Gasteiger partial charge in [0.2, 0.25) is 0 Å². The van der Waals surface area contributed by atoms with Crippen LogP contribution in [0.15, 0.2) is 12.3 Å². The topological polar surface area (TPSA) is 64.1 Å². The van der Waals surface area contributed by atoms with E-state index < -0.39 is 0 Å². The van der Waals surface area contributed by atoms with Gasteiger partial charge >= 0.3 is 0 Å². The summed E-state index contributed by atoms with van der Waals surface area (Å²) in [4.78, 5) is 0. The Kier molecular flexibility index (Phi) is 3.07. The maximum atomic E-state index is 8.64. The van der Waals surface area contributed by atoms with Crippen LogP contribution in [0.5, 0.6) is 0 Å². The number of rotatable bonds is 4. The monoisotopic (exact) mass is 155 g/mol. The maximum Gasteiger partial charge on any atom is 0.0643 e. The van der Waals surface area contributed by atoms with Crippen LogP contribution in [0.1, 0.15) is 5.69 Å². The summed E-state index contributed by atoms with van der Waals surface area (Å²) < 4.78 is 1.77. The minimum atomic E-state index is 0.124. The molecule has 0 atom stereocenters. The molecule has 0 aromatic carbocycles. The van der Waals surface area contributed by atoms with Crippen LogP contribution in [0.2, 0.25) is 0 Å². The van der Waals surface area contributed by atoms with Gasteiger partial charge in [0.05, 0.1) is 13.2 Å². The molecule has 0 aliphatic rings. The van der Waals surface area contributed by atoms with Crippen molar-refractivity contribution in [2.45, 2.75) is 13.0 Å². The van der Waals surface area contributed by atoms with Crippen LogP contribution < -0.4 is 5.73 Å². The molecule has 62 valence electrons. The lowest BCUT2D eigenvalue weighted by Gasteiger charge is -2.02. The van der Waals surface area contributed by atoms with E-state index >= 15 is 0 Å². The number of nitrogens with two attached hydrogens (primary N) is 1. The van der Waals surface area contributed by atoms with Crippen LogP contribution in [0.4, 0.5) is 0 Å². The third kappa shape index (κ3) is 2.03. The minimum Gasteiger partial charge on any atom is -0.394 e. The standard InChI is InChI=1S/C7H13N3O/c8-3-1-7-2-4-9-10(7)5-6-11/h2,4,11H,1,3,5-6,8H2. The molecule has 0 spiro atoms. The molecule has 0 saturated carbocycles. The molecule has 4 heteroatoms. The van der Waals surface area contributed by atoms with Crippen molar-refractivity contribution in [1.82, 2.24) is 9.78 Å². The molecule has 0 unspecified atom stereocenters. The summed E-state index contributed by atoms with van der Waals surface area (Å²) in [6.07, 6.45) is 2.54. The van der Waals surface area contributed by atoms with Crippen molar-refractivity contribution in [2.24, 2.45) is 5.73 Å². The smallest absolute Gasteiger partial charge is 0.0643 e. The van der Waals surface area contributed by atoms with E-state index in [0.717, 1.165) is 12.1 Å². The average Bonchev–Trinajstić information content (AvgIpc) is 2.39. The molecule has 1 rings (SSSR count). The first-order chi connectivity index (χ1) is 5.38. The predicted octanol–water partition coefficient (Wildman–Crippen LogP) is -0.623. The molecular formula is C7H13N3O. The fourth-order valence-electron chi connectivity index (χ4n) is 1.02. The van der Waals surface area contributed by atoms with Gasteiger partial charge in [-0.1, -0.05) is 0 Å². The first kappa shape index (κ1) is 8.23. The molecule has 0 bridgehead atoms. The van der Waals surface area contributed by atoms with Gasteiger partial charge in [0.25, 0.3) is 0 Å². The van der Waals surface area contributed by atoms with Crippen molar-refractivity contribution in [2.75, 3.05) is 13.2 Å². The van der Waals surface area contributed by atoms with Gasteiger partial charge in [-0.15, -0.1) is 0 Å². The second kappa shape index (κ2) is 4.10. The maximum absolute atomic E-state index is 8.64. The fraction of sp³-hybridized carbons (Fsp3) is 0.571. The third-order valence-electron chi connectivity index (χ3n) is 1.52. The van der Waals surface area contributed by atoms with Crippen LogP contribution in [-0.2, 0) is 13.0 Å². The molecule has 0 amide bonds. The largest absolute Gasteiger partial charge is 0.394 e. The van der Waals surface area contributed by atoms with Crippen LogP contribution >= 0.6 is 0 Å². The number of aliphatic hydroxyl groups excluding tert-OH is 1. The normalized spacial score (nSPS) is 10.4. The summed E-state index contributed by atoms with van der Waals surface area (Å²) in [5.41, 5.74) is 6.47. The van der Waals surface area contributed by atoms with E-state index in [1.54, 1.807) is 10.9 Å². The summed E-state index contributed by atoms with van der Waals surface area (Å²) in [5.74, 6) is 0. The second-order valence-corrected chi connectivity index (χ2v) is 2.31. The average molecular weight is 155 g/mol. The number of nitrogens with zero attached hydrogens (tertiary/aromatic N) is 2. The number of hydrogen-bond donors (Lipinski definition) is 2. The van der Waals surface area contributed by atoms with E-state index in [4.69, 9.17) is 10.8 Å². The molecule has 0 aliphatic heterocycles. The Bertz CT molecular complexity index is 189. The summed E-state index contributed by atoms with van der Waals surface area (Å²) in [7, 11) is 0. The summed E-state index contributed by atoms with van der Waals surface area (Å²) in [6.45, 7) is 1.30. The third-order valence-corrected chi connectivity index (χ3v) is 1.52. The SMILES string of the molecule is NCCc1ccnn1CCO. The highest BCUT2D eigenvalue weighted by molar-refractivity contribution is 5.00. The lowest BCUT2D eigenvalue weighted by molar-refractivity contribution is 0.267. The predicted molar refractivity (Wildman–Crippen MR) is 42.1 cm³/mol. The molecule has 0 aliphatic carbocycles. The molecule has 1 aromatic rings. The highest BCUT2D eigenvalue weighted by Gasteiger charge is 1.98. The first-order valence-corrected chi connectivity index (χ1v) is 3.70. The Labute approximate surface area is 65.6 Å². The van der Waals surface area contributed by atoms with E-state index in [0.29, 0.717) is 13.1 Å². The molecule has 11 heavy (non-hydrogen) atoms. The summed E-state index contributed by atoms with van der Waals surface area (Å²) in [5, 5.41) is 12.7. The van der Waals surface area contributed by atoms with Crippen molar-refractivity contribution >= 4 is 0 Å². The van der Waals surface area contributed by atoms with Crippen molar-refractivity contribution < 1.29 is 5.11 Å². The zero-order valence-electron chi connectivity index (χ0n) is 6.40. The van der Waals surface area contributed by atoms with Gasteiger partial charge in [0, 0.05) is 18.3 Å². The second-order valence-electron chi connectivity index (χ2n) is 2.31. The van der Waals surface area contributed by atoms with Gasteiger partial charge in [-0.25, -0.2) is 0 Å². The van der Waals surface area contributed by atoms with Crippen LogP contribution in [0.25, 0.3) is 0 Å². The Hall–Kier alpha value is -0.870. The van der Waals surface area contributed by atoms with E-state index in [-0.39, 0.29) is 6.61 Å². The number of hydrogen-bond acceptors (Lipinski definition) is 3. The molecule has 4 nitrogen and oxygen atoms in total. The first-order valence-electron chi connectivity index (χ1n) is 3.70. The van der Waals surface area contributed by atoms with Crippen LogP contribution in [0.3, 0.4) is 0 Å². The van der Waals surface area contributed by atoms with Crippen LogP contribution in [0, 0.1) is 0 Å². The van der Waals surface area contributed by atoms with Gasteiger partial charge in [0.1, 0.15) is 0 Å². The van der Waals surface area contributed by atoms with E-state index in [1.807, 2.05) is 6.07 Å². The Balaban J connectivity index is 2.62. The fourth-order valence-corrected chi connectivity index (χ4v) is 1.02. The van der Waals surface area contributed by atoms with Gasteiger partial charge in [-0.3, -0.25) is 4.68 Å². The molecule has 1 aromatic heterocycles. The Morgan fingerprint density at radius 2 is 2.45 bits per heavy atom. The highest BCUT2D eigenvalue weighted by atomic mass is 16.3. The lowest BCUT2D eigenvalue weighted by atomic mass is 10.3. The van der Waals surface area contributed by atoms with Gasteiger partial charge < -0.3 is 10.8 Å². The summed E-state index contributed by atoms with van der Waals surface area (Å²) in [6, 6.07) is 1.92. The lowest BCUT2D eigenvalue weighted by Crippen LogP contribution is -2.11. The summed E-state index contributed by atoms with van der Waals surface area (Å²) >= 11 is 0. The highest BCUT2D eigenvalue weighted by Crippen LogP contribution is 1.97. The van der Waals surface area contributed by atoms with Crippen molar-refractivity contribution in [3.8, 4) is 0 Å².